The summed E-state index contributed by atoms with van der Waals surface area (Å²) in [6, 6.07) is 3.43. The van der Waals surface area contributed by atoms with Gasteiger partial charge >= 0.3 is 5.97 Å². The summed E-state index contributed by atoms with van der Waals surface area (Å²) in [5.41, 5.74) is 6.59. The van der Waals surface area contributed by atoms with Gasteiger partial charge in [-0.3, -0.25) is 19.4 Å². The first-order valence-electron chi connectivity index (χ1n) is 13.6. The van der Waals surface area contributed by atoms with E-state index in [1.54, 1.807) is 6.07 Å². The van der Waals surface area contributed by atoms with E-state index in [0.29, 0.717) is 66.7 Å². The van der Waals surface area contributed by atoms with E-state index in [1.165, 1.54) is 6.07 Å². The number of halogens is 1. The van der Waals surface area contributed by atoms with E-state index in [1.807, 2.05) is 6.92 Å². The maximum absolute atomic E-state index is 12.8. The number of nitrogen functional groups attached to an aromatic ring is 1. The maximum Gasteiger partial charge on any atom is 0.306 e. The lowest BCUT2D eigenvalue weighted by atomic mass is 9.86. The molecule has 3 N–H and O–H groups in total. The second-order valence-electron chi connectivity index (χ2n) is 10.4. The number of nitrogens with one attached hydrogen (secondary N) is 1. The van der Waals surface area contributed by atoms with Crippen molar-refractivity contribution in [2.45, 2.75) is 64.2 Å². The lowest BCUT2D eigenvalue weighted by molar-refractivity contribution is -0.159. The molecule has 5 rings (SSSR count). The van der Waals surface area contributed by atoms with Crippen LogP contribution in [-0.2, 0) is 14.3 Å². The van der Waals surface area contributed by atoms with Gasteiger partial charge in [-0.05, 0) is 64.6 Å². The van der Waals surface area contributed by atoms with Crippen LogP contribution >= 0.6 is 11.6 Å². The molecule has 4 saturated heterocycles. The molecule has 1 unspecified atom stereocenters. The monoisotopic (exact) mass is 536 g/mol. The highest BCUT2D eigenvalue weighted by atomic mass is 35.5. The van der Waals surface area contributed by atoms with Gasteiger partial charge in [0.2, 0.25) is 0 Å². The zero-order valence-corrected chi connectivity index (χ0v) is 22.8. The van der Waals surface area contributed by atoms with Crippen LogP contribution in [0.1, 0.15) is 56.3 Å². The molecule has 206 valence electrons. The van der Waals surface area contributed by atoms with Gasteiger partial charge in [-0.2, -0.15) is 0 Å². The summed E-state index contributed by atoms with van der Waals surface area (Å²) in [6.07, 6.45) is 4.43. The molecule has 0 saturated carbocycles. The fourth-order valence-corrected chi connectivity index (χ4v) is 5.75. The molecule has 0 radical (unpaired) electrons. The predicted octanol–water partition coefficient (Wildman–Crippen LogP) is 2.95. The summed E-state index contributed by atoms with van der Waals surface area (Å²) in [4.78, 5) is 30.0. The molecule has 4 fully saturated rings. The number of anilines is 1. The van der Waals surface area contributed by atoms with Crippen LogP contribution in [-0.4, -0.2) is 92.4 Å². The summed E-state index contributed by atoms with van der Waals surface area (Å²) in [5, 5.41) is 3.26. The van der Waals surface area contributed by atoms with E-state index < -0.39 is 0 Å². The van der Waals surface area contributed by atoms with E-state index in [2.05, 4.69) is 22.0 Å². The van der Waals surface area contributed by atoms with E-state index in [4.69, 9.17) is 31.5 Å². The van der Waals surface area contributed by atoms with Crippen LogP contribution in [0.5, 0.6) is 5.75 Å². The van der Waals surface area contributed by atoms with Crippen molar-refractivity contribution >= 4 is 29.2 Å². The second-order valence-corrected chi connectivity index (χ2v) is 10.8. The Labute approximate surface area is 224 Å². The number of hydrogen-bond donors (Lipinski definition) is 2. The molecule has 9 nitrogen and oxygen atoms in total. The quantitative estimate of drug-likeness (QED) is 0.328. The van der Waals surface area contributed by atoms with E-state index in [0.717, 1.165) is 51.9 Å². The lowest BCUT2D eigenvalue weighted by Crippen LogP contribution is -2.52. The Morgan fingerprint density at radius 2 is 2.03 bits per heavy atom. The Bertz CT molecular complexity index is 940. The van der Waals surface area contributed by atoms with Crippen molar-refractivity contribution in [3.05, 3.63) is 22.7 Å². The van der Waals surface area contributed by atoms with Crippen molar-refractivity contribution in [1.29, 1.82) is 0 Å². The van der Waals surface area contributed by atoms with E-state index in [-0.39, 0.29) is 24.1 Å². The Hall–Kier alpha value is -2.07. The molecule has 3 atom stereocenters. The topological polar surface area (TPSA) is 106 Å². The van der Waals surface area contributed by atoms with Gasteiger partial charge in [0.05, 0.1) is 35.6 Å². The highest BCUT2D eigenvalue weighted by molar-refractivity contribution is 6.33. The summed E-state index contributed by atoms with van der Waals surface area (Å²) in [6.45, 7) is 10.2. The van der Waals surface area contributed by atoms with Crippen LogP contribution < -0.4 is 15.8 Å². The number of esters is 1. The summed E-state index contributed by atoms with van der Waals surface area (Å²) in [7, 11) is 0. The minimum Gasteiger partial charge on any atom is -0.493 e. The third-order valence-corrected chi connectivity index (χ3v) is 8.14. The summed E-state index contributed by atoms with van der Waals surface area (Å²) in [5.74, 6) is 0.610. The molecule has 0 spiro atoms. The third kappa shape index (κ3) is 7.50. The van der Waals surface area contributed by atoms with Crippen LogP contribution in [0.25, 0.3) is 0 Å². The minimum absolute atomic E-state index is 0.0669. The first-order valence-corrected chi connectivity index (χ1v) is 14.0. The Kier molecular flexibility index (Phi) is 9.92. The molecule has 1 aromatic carbocycles. The third-order valence-electron chi connectivity index (χ3n) is 7.81. The largest absolute Gasteiger partial charge is 0.493 e. The van der Waals surface area contributed by atoms with Gasteiger partial charge in [0.25, 0.3) is 5.91 Å². The number of carbonyl (C=O) groups excluding carboxylic acids is 2. The average Bonchev–Trinajstić information content (AvgIpc) is 2.90. The van der Waals surface area contributed by atoms with E-state index >= 15 is 0 Å². The number of nitrogens with zero attached hydrogens (tertiary/aromatic N) is 2. The number of hydrogen-bond acceptors (Lipinski definition) is 8. The number of benzene rings is 1. The molecule has 0 aromatic heterocycles. The number of piperidine rings is 3. The first-order chi connectivity index (χ1) is 17.8. The SMILES string of the molecule is CCOc1cc(N)c(Cl)cc1C(=O)NC[C@H]1CN(C(C)CCCC(=O)O[C@H]2CN3CCC2CC3)CCO1. The van der Waals surface area contributed by atoms with Crippen molar-refractivity contribution in [2.75, 3.05) is 58.2 Å². The highest BCUT2D eigenvalue weighted by Crippen LogP contribution is 2.30. The van der Waals surface area contributed by atoms with Crippen LogP contribution in [0.4, 0.5) is 5.69 Å². The molecule has 10 heteroatoms. The predicted molar refractivity (Wildman–Crippen MR) is 143 cm³/mol. The first kappa shape index (κ1) is 28.0. The van der Waals surface area contributed by atoms with Gasteiger partial charge in [-0.15, -0.1) is 0 Å². The minimum atomic E-state index is -0.277. The Morgan fingerprint density at radius 3 is 2.73 bits per heavy atom. The molecule has 1 amide bonds. The van der Waals surface area contributed by atoms with Crippen molar-refractivity contribution in [1.82, 2.24) is 15.1 Å². The molecule has 4 heterocycles. The molecule has 0 aliphatic carbocycles. The number of carbonyl (C=O) groups is 2. The van der Waals surface area contributed by atoms with Crippen LogP contribution in [0, 0.1) is 5.92 Å². The Morgan fingerprint density at radius 1 is 1.24 bits per heavy atom. The summed E-state index contributed by atoms with van der Waals surface area (Å²) >= 11 is 6.13. The van der Waals surface area contributed by atoms with Gasteiger partial charge in [0.1, 0.15) is 11.9 Å². The lowest BCUT2D eigenvalue weighted by Gasteiger charge is -2.43. The number of rotatable bonds is 11. The molecule has 2 bridgehead atoms. The molecular weight excluding hydrogens is 496 g/mol. The van der Waals surface area contributed by atoms with Gasteiger partial charge in [-0.1, -0.05) is 11.6 Å². The van der Waals surface area contributed by atoms with Crippen molar-refractivity contribution in [3.8, 4) is 5.75 Å². The number of amides is 1. The smallest absolute Gasteiger partial charge is 0.306 e. The normalized spacial score (nSPS) is 26.5. The van der Waals surface area contributed by atoms with E-state index in [9.17, 15) is 9.59 Å². The molecule has 4 aliphatic rings. The van der Waals surface area contributed by atoms with Gasteiger partial charge in [-0.25, -0.2) is 0 Å². The van der Waals surface area contributed by atoms with Gasteiger partial charge in [0.15, 0.2) is 0 Å². The zero-order valence-electron chi connectivity index (χ0n) is 22.0. The number of ether oxygens (including phenoxy) is 3. The molecule has 1 aromatic rings. The molecule has 4 aliphatic heterocycles. The number of fused-ring (bicyclic) bond motifs is 3. The van der Waals surface area contributed by atoms with Crippen LogP contribution in [0.3, 0.4) is 0 Å². The van der Waals surface area contributed by atoms with Gasteiger partial charge in [0, 0.05) is 44.7 Å². The molecule has 37 heavy (non-hydrogen) atoms. The fourth-order valence-electron chi connectivity index (χ4n) is 5.59. The highest BCUT2D eigenvalue weighted by Gasteiger charge is 2.36. The fraction of sp³-hybridized carbons (Fsp3) is 0.704. The average molecular weight is 537 g/mol. The van der Waals surface area contributed by atoms with Gasteiger partial charge < -0.3 is 25.3 Å². The maximum atomic E-state index is 12.8. The Balaban J connectivity index is 1.18. The van der Waals surface area contributed by atoms with Crippen molar-refractivity contribution < 1.29 is 23.8 Å². The van der Waals surface area contributed by atoms with Crippen LogP contribution in [0.2, 0.25) is 5.02 Å². The van der Waals surface area contributed by atoms with Crippen LogP contribution in [0.15, 0.2) is 12.1 Å². The summed E-state index contributed by atoms with van der Waals surface area (Å²) < 4.78 is 17.3. The van der Waals surface area contributed by atoms with Crippen molar-refractivity contribution in [3.63, 3.8) is 0 Å². The number of morpholine rings is 1. The zero-order chi connectivity index (χ0) is 26.4. The molecular formula is C27H41ClN4O5. The standard InChI is InChI=1S/C27H41ClN4O5/c1-3-35-24-14-23(29)22(28)13-21(24)27(34)30-15-20-16-32(11-12-36-20)18(2)5-4-6-26(33)37-25-17-31-9-7-19(25)8-10-31/h13-14,18-20,25H,3-12,15-17,29H2,1-2H3,(H,30,34)/t18?,20-,25-/m0/s1. The van der Waals surface area contributed by atoms with Crippen molar-refractivity contribution in [2.24, 2.45) is 5.92 Å². The second kappa shape index (κ2) is 13.1. The number of nitrogens with two attached hydrogens (primary N) is 1.